The molecule has 82 valence electrons. The summed E-state index contributed by atoms with van der Waals surface area (Å²) in [4.78, 5) is 0. The Morgan fingerprint density at radius 3 is 2.80 bits per heavy atom. The normalized spacial score (nSPS) is 21.5. The van der Waals surface area contributed by atoms with Crippen molar-refractivity contribution < 1.29 is 4.74 Å². The van der Waals surface area contributed by atoms with Gasteiger partial charge in [0, 0.05) is 13.1 Å². The summed E-state index contributed by atoms with van der Waals surface area (Å²) in [6.45, 7) is 4.99. The molecule has 2 rings (SSSR count). The molecule has 0 saturated carbocycles. The highest BCUT2D eigenvalue weighted by atomic mass is 16.5. The maximum atomic E-state index is 5.66. The second-order valence-corrected chi connectivity index (χ2v) is 4.22. The van der Waals surface area contributed by atoms with Crippen LogP contribution < -0.4 is 5.32 Å². The summed E-state index contributed by atoms with van der Waals surface area (Å²) in [5.74, 6) is 0. The van der Waals surface area contributed by atoms with Crippen molar-refractivity contribution in [2.75, 3.05) is 19.7 Å². The lowest BCUT2D eigenvalue weighted by Gasteiger charge is -2.23. The number of morpholine rings is 1. The summed E-state index contributed by atoms with van der Waals surface area (Å²) in [7, 11) is 0. The van der Waals surface area contributed by atoms with Gasteiger partial charge in [0.2, 0.25) is 0 Å². The third-order valence-electron chi connectivity index (χ3n) is 2.88. The molecule has 1 fully saturated rings. The fourth-order valence-electron chi connectivity index (χ4n) is 1.89. The van der Waals surface area contributed by atoms with Gasteiger partial charge in [-0.1, -0.05) is 29.8 Å². The molecule has 1 saturated heterocycles. The Bertz CT molecular complexity index is 288. The lowest BCUT2D eigenvalue weighted by molar-refractivity contribution is 0.0238. The van der Waals surface area contributed by atoms with Crippen LogP contribution in [0.3, 0.4) is 0 Å². The SMILES string of the molecule is Cc1ccc(CCC2CNCCO2)cc1. The molecule has 2 heteroatoms. The Hall–Kier alpha value is -0.860. The van der Waals surface area contributed by atoms with E-state index in [0.29, 0.717) is 6.10 Å². The minimum atomic E-state index is 0.403. The monoisotopic (exact) mass is 205 g/mol. The lowest BCUT2D eigenvalue weighted by atomic mass is 10.0. The fourth-order valence-corrected chi connectivity index (χ4v) is 1.89. The van der Waals surface area contributed by atoms with Gasteiger partial charge in [0.25, 0.3) is 0 Å². The predicted molar refractivity (Wildman–Crippen MR) is 62.1 cm³/mol. The van der Waals surface area contributed by atoms with Gasteiger partial charge in [0.05, 0.1) is 12.7 Å². The molecular weight excluding hydrogens is 186 g/mol. The largest absolute Gasteiger partial charge is 0.376 e. The third-order valence-corrected chi connectivity index (χ3v) is 2.88. The highest BCUT2D eigenvalue weighted by Crippen LogP contribution is 2.09. The van der Waals surface area contributed by atoms with Gasteiger partial charge < -0.3 is 10.1 Å². The molecule has 0 amide bonds. The first-order valence-electron chi connectivity index (χ1n) is 5.72. The van der Waals surface area contributed by atoms with Crippen LogP contribution >= 0.6 is 0 Å². The van der Waals surface area contributed by atoms with E-state index in [2.05, 4.69) is 36.5 Å². The molecule has 1 aliphatic heterocycles. The maximum Gasteiger partial charge on any atom is 0.0703 e. The summed E-state index contributed by atoms with van der Waals surface area (Å²) in [6, 6.07) is 8.78. The van der Waals surface area contributed by atoms with Gasteiger partial charge in [-0.3, -0.25) is 0 Å². The highest BCUT2D eigenvalue weighted by molar-refractivity contribution is 5.21. The average Bonchev–Trinajstić information content (AvgIpc) is 2.30. The fraction of sp³-hybridized carbons (Fsp3) is 0.538. The van der Waals surface area contributed by atoms with Crippen LogP contribution in [-0.2, 0) is 11.2 Å². The van der Waals surface area contributed by atoms with Crippen LogP contribution in [-0.4, -0.2) is 25.8 Å². The predicted octanol–water partition coefficient (Wildman–Crippen LogP) is 1.92. The minimum absolute atomic E-state index is 0.403. The van der Waals surface area contributed by atoms with Crippen LogP contribution in [0.25, 0.3) is 0 Å². The van der Waals surface area contributed by atoms with Crippen molar-refractivity contribution in [1.82, 2.24) is 5.32 Å². The van der Waals surface area contributed by atoms with Gasteiger partial charge in [0.1, 0.15) is 0 Å². The van der Waals surface area contributed by atoms with Crippen molar-refractivity contribution in [3.63, 3.8) is 0 Å². The molecule has 2 nitrogen and oxygen atoms in total. The zero-order chi connectivity index (χ0) is 10.5. The first-order chi connectivity index (χ1) is 7.34. The van der Waals surface area contributed by atoms with Crippen molar-refractivity contribution in [3.8, 4) is 0 Å². The molecule has 1 aliphatic rings. The number of aryl methyl sites for hydroxylation is 2. The molecule has 0 aromatic heterocycles. The number of hydrogen-bond donors (Lipinski definition) is 1. The van der Waals surface area contributed by atoms with Crippen LogP contribution in [0.5, 0.6) is 0 Å². The lowest BCUT2D eigenvalue weighted by Crippen LogP contribution is -2.38. The Kier molecular flexibility index (Phi) is 3.75. The van der Waals surface area contributed by atoms with E-state index in [-0.39, 0.29) is 0 Å². The number of benzene rings is 1. The highest BCUT2D eigenvalue weighted by Gasteiger charge is 2.12. The first-order valence-corrected chi connectivity index (χ1v) is 5.72. The van der Waals surface area contributed by atoms with Crippen LogP contribution in [0.2, 0.25) is 0 Å². The minimum Gasteiger partial charge on any atom is -0.376 e. The molecule has 1 atom stereocenters. The Balaban J connectivity index is 1.79. The number of rotatable bonds is 3. The standard InChI is InChI=1S/C13H19NO/c1-11-2-4-12(5-3-11)6-7-13-10-14-8-9-15-13/h2-5,13-14H,6-10H2,1H3. The molecule has 1 aromatic carbocycles. The van der Waals surface area contributed by atoms with E-state index in [1.807, 2.05) is 0 Å². The van der Waals surface area contributed by atoms with Crippen molar-refractivity contribution in [3.05, 3.63) is 35.4 Å². The van der Waals surface area contributed by atoms with E-state index in [1.54, 1.807) is 0 Å². The molecule has 1 unspecified atom stereocenters. The van der Waals surface area contributed by atoms with Gasteiger partial charge >= 0.3 is 0 Å². The summed E-state index contributed by atoms with van der Waals surface area (Å²) in [5, 5.41) is 3.36. The molecule has 0 spiro atoms. The molecule has 1 heterocycles. The van der Waals surface area contributed by atoms with Gasteiger partial charge in [-0.25, -0.2) is 0 Å². The molecule has 1 aromatic rings. The molecule has 0 aliphatic carbocycles. The van der Waals surface area contributed by atoms with Crippen LogP contribution in [0.4, 0.5) is 0 Å². The summed E-state index contributed by atoms with van der Waals surface area (Å²) in [6.07, 6.45) is 2.64. The zero-order valence-electron chi connectivity index (χ0n) is 9.33. The number of nitrogens with one attached hydrogen (secondary N) is 1. The molecule has 1 N–H and O–H groups in total. The van der Waals surface area contributed by atoms with Crippen molar-refractivity contribution in [2.45, 2.75) is 25.9 Å². The van der Waals surface area contributed by atoms with E-state index in [4.69, 9.17) is 4.74 Å². The Morgan fingerprint density at radius 2 is 2.13 bits per heavy atom. The van der Waals surface area contributed by atoms with Crippen molar-refractivity contribution in [1.29, 1.82) is 0 Å². The zero-order valence-corrected chi connectivity index (χ0v) is 9.33. The summed E-state index contributed by atoms with van der Waals surface area (Å²) in [5.41, 5.74) is 2.74. The Morgan fingerprint density at radius 1 is 1.33 bits per heavy atom. The second-order valence-electron chi connectivity index (χ2n) is 4.22. The van der Waals surface area contributed by atoms with Gasteiger partial charge in [-0.15, -0.1) is 0 Å². The smallest absolute Gasteiger partial charge is 0.0703 e. The third kappa shape index (κ3) is 3.33. The van der Waals surface area contributed by atoms with Gasteiger partial charge in [-0.05, 0) is 25.3 Å². The van der Waals surface area contributed by atoms with E-state index in [0.717, 1.165) is 32.5 Å². The van der Waals surface area contributed by atoms with E-state index in [9.17, 15) is 0 Å². The number of hydrogen-bond acceptors (Lipinski definition) is 2. The average molecular weight is 205 g/mol. The van der Waals surface area contributed by atoms with Crippen molar-refractivity contribution >= 4 is 0 Å². The first kappa shape index (κ1) is 10.7. The molecular formula is C13H19NO. The van der Waals surface area contributed by atoms with Crippen LogP contribution in [0, 0.1) is 6.92 Å². The van der Waals surface area contributed by atoms with E-state index >= 15 is 0 Å². The van der Waals surface area contributed by atoms with Gasteiger partial charge in [0.15, 0.2) is 0 Å². The molecule has 0 radical (unpaired) electrons. The van der Waals surface area contributed by atoms with Crippen LogP contribution in [0.15, 0.2) is 24.3 Å². The maximum absolute atomic E-state index is 5.66. The Labute approximate surface area is 91.6 Å². The van der Waals surface area contributed by atoms with Gasteiger partial charge in [-0.2, -0.15) is 0 Å². The van der Waals surface area contributed by atoms with E-state index in [1.165, 1.54) is 11.1 Å². The quantitative estimate of drug-likeness (QED) is 0.814. The summed E-state index contributed by atoms with van der Waals surface area (Å²) < 4.78 is 5.66. The van der Waals surface area contributed by atoms with E-state index < -0.39 is 0 Å². The second kappa shape index (κ2) is 5.29. The molecule has 15 heavy (non-hydrogen) atoms. The topological polar surface area (TPSA) is 21.3 Å². The molecule has 0 bridgehead atoms. The van der Waals surface area contributed by atoms with Crippen molar-refractivity contribution in [2.24, 2.45) is 0 Å². The number of ether oxygens (including phenoxy) is 1. The summed E-state index contributed by atoms with van der Waals surface area (Å²) >= 11 is 0. The van der Waals surface area contributed by atoms with Crippen LogP contribution in [0.1, 0.15) is 17.5 Å².